The summed E-state index contributed by atoms with van der Waals surface area (Å²) in [5.74, 6) is 0.380. The number of hydrogen-bond acceptors (Lipinski definition) is 2. The molecule has 0 aliphatic rings. The van der Waals surface area contributed by atoms with Crippen LogP contribution in [0, 0.1) is 12.7 Å². The first-order chi connectivity index (χ1) is 8.58. The largest absolute Gasteiger partial charge is 0.488 e. The van der Waals surface area contributed by atoms with E-state index in [0.717, 1.165) is 15.8 Å². The fourth-order valence-electron chi connectivity index (χ4n) is 1.65. The van der Waals surface area contributed by atoms with E-state index < -0.39 is 0 Å². The van der Waals surface area contributed by atoms with Gasteiger partial charge in [-0.05, 0) is 42.8 Å². The Morgan fingerprint density at radius 1 is 1.28 bits per heavy atom. The highest BCUT2D eigenvalue weighted by molar-refractivity contribution is 9.10. The van der Waals surface area contributed by atoms with Gasteiger partial charge >= 0.3 is 0 Å². The van der Waals surface area contributed by atoms with Gasteiger partial charge in [0.25, 0.3) is 0 Å². The molecule has 2 rings (SSSR count). The van der Waals surface area contributed by atoms with E-state index in [1.165, 1.54) is 6.07 Å². The minimum Gasteiger partial charge on any atom is -0.488 e. The predicted octanol–water partition coefficient (Wildman–Crippen LogP) is 4.06. The van der Waals surface area contributed by atoms with Crippen molar-refractivity contribution in [3.8, 4) is 5.75 Å². The van der Waals surface area contributed by atoms with Crippen LogP contribution in [0.4, 0.5) is 10.1 Å². The number of anilines is 1. The van der Waals surface area contributed by atoms with Gasteiger partial charge in [0.2, 0.25) is 0 Å². The average Bonchev–Trinajstić information content (AvgIpc) is 2.31. The quantitative estimate of drug-likeness (QED) is 0.868. The molecular formula is C14H13BrFNO. The van der Waals surface area contributed by atoms with Crippen LogP contribution in [0.1, 0.15) is 11.1 Å². The van der Waals surface area contributed by atoms with Crippen LogP contribution < -0.4 is 10.5 Å². The molecule has 94 valence electrons. The Labute approximate surface area is 114 Å². The summed E-state index contributed by atoms with van der Waals surface area (Å²) >= 11 is 3.38. The topological polar surface area (TPSA) is 35.2 Å². The molecule has 2 aromatic carbocycles. The molecule has 0 heterocycles. The molecule has 0 spiro atoms. The second kappa shape index (κ2) is 5.40. The Morgan fingerprint density at radius 3 is 2.72 bits per heavy atom. The smallest absolute Gasteiger partial charge is 0.131 e. The maximum Gasteiger partial charge on any atom is 0.131 e. The van der Waals surface area contributed by atoms with Gasteiger partial charge < -0.3 is 10.5 Å². The van der Waals surface area contributed by atoms with Gasteiger partial charge in [-0.2, -0.15) is 0 Å². The Bertz CT molecular complexity index is 551. The molecule has 0 atom stereocenters. The molecule has 0 amide bonds. The maximum atomic E-state index is 13.6. The first kappa shape index (κ1) is 12.9. The number of benzene rings is 2. The van der Waals surface area contributed by atoms with E-state index in [1.807, 2.05) is 25.1 Å². The Morgan fingerprint density at radius 2 is 2.06 bits per heavy atom. The predicted molar refractivity (Wildman–Crippen MR) is 74.0 cm³/mol. The van der Waals surface area contributed by atoms with Crippen molar-refractivity contribution >= 4 is 21.6 Å². The van der Waals surface area contributed by atoms with E-state index in [1.54, 1.807) is 12.1 Å². The first-order valence-corrected chi connectivity index (χ1v) is 6.29. The molecule has 0 aromatic heterocycles. The van der Waals surface area contributed by atoms with E-state index in [9.17, 15) is 4.39 Å². The van der Waals surface area contributed by atoms with Gasteiger partial charge in [-0.1, -0.05) is 22.0 Å². The zero-order valence-electron chi connectivity index (χ0n) is 9.91. The summed E-state index contributed by atoms with van der Waals surface area (Å²) in [4.78, 5) is 0. The molecular weight excluding hydrogens is 297 g/mol. The number of nitrogens with two attached hydrogens (primary N) is 1. The molecule has 2 aromatic rings. The van der Waals surface area contributed by atoms with Crippen molar-refractivity contribution in [2.45, 2.75) is 13.5 Å². The van der Waals surface area contributed by atoms with Crippen LogP contribution in [-0.2, 0) is 6.61 Å². The lowest BCUT2D eigenvalue weighted by Gasteiger charge is -2.11. The van der Waals surface area contributed by atoms with Gasteiger partial charge in [-0.3, -0.25) is 0 Å². The van der Waals surface area contributed by atoms with Crippen molar-refractivity contribution in [1.82, 2.24) is 0 Å². The van der Waals surface area contributed by atoms with Crippen LogP contribution in [0.25, 0.3) is 0 Å². The molecule has 2 N–H and O–H groups in total. The van der Waals surface area contributed by atoms with Gasteiger partial charge in [0.1, 0.15) is 18.2 Å². The standard InChI is InChI=1S/C14H13BrFNO/c1-9-7-10(15)5-6-14(9)18-8-11-12(16)3-2-4-13(11)17/h2-7H,8,17H2,1H3. The number of hydrogen-bond donors (Lipinski definition) is 1. The van der Waals surface area contributed by atoms with Gasteiger partial charge in [-0.25, -0.2) is 4.39 Å². The van der Waals surface area contributed by atoms with E-state index in [-0.39, 0.29) is 12.4 Å². The number of nitrogen functional groups attached to an aromatic ring is 1. The summed E-state index contributed by atoms with van der Waals surface area (Å²) in [5.41, 5.74) is 7.50. The minimum absolute atomic E-state index is 0.126. The van der Waals surface area contributed by atoms with Crippen LogP contribution in [0.15, 0.2) is 40.9 Å². The van der Waals surface area contributed by atoms with Crippen molar-refractivity contribution in [2.24, 2.45) is 0 Å². The van der Waals surface area contributed by atoms with Crippen LogP contribution in [0.3, 0.4) is 0 Å². The lowest BCUT2D eigenvalue weighted by atomic mass is 10.2. The number of aryl methyl sites for hydroxylation is 1. The zero-order chi connectivity index (χ0) is 13.1. The van der Waals surface area contributed by atoms with Crippen molar-refractivity contribution in [2.75, 3.05) is 5.73 Å². The van der Waals surface area contributed by atoms with Crippen LogP contribution >= 0.6 is 15.9 Å². The third kappa shape index (κ3) is 2.82. The Kier molecular flexibility index (Phi) is 3.87. The highest BCUT2D eigenvalue weighted by atomic mass is 79.9. The van der Waals surface area contributed by atoms with Gasteiger partial charge in [0.05, 0.1) is 0 Å². The highest BCUT2D eigenvalue weighted by Gasteiger charge is 2.08. The second-order valence-electron chi connectivity index (χ2n) is 4.01. The van der Waals surface area contributed by atoms with Crippen LogP contribution in [0.2, 0.25) is 0 Å². The minimum atomic E-state index is -0.343. The molecule has 2 nitrogen and oxygen atoms in total. The molecule has 18 heavy (non-hydrogen) atoms. The second-order valence-corrected chi connectivity index (χ2v) is 4.92. The van der Waals surface area contributed by atoms with E-state index in [4.69, 9.17) is 10.5 Å². The van der Waals surface area contributed by atoms with Crippen molar-refractivity contribution < 1.29 is 9.13 Å². The molecule has 0 aliphatic carbocycles. The Balaban J connectivity index is 2.16. The Hall–Kier alpha value is -1.55. The van der Waals surface area contributed by atoms with Crippen molar-refractivity contribution in [3.63, 3.8) is 0 Å². The zero-order valence-corrected chi connectivity index (χ0v) is 11.5. The molecule has 0 saturated heterocycles. The van der Waals surface area contributed by atoms with Gasteiger partial charge in [0.15, 0.2) is 0 Å². The summed E-state index contributed by atoms with van der Waals surface area (Å²) in [7, 11) is 0. The van der Waals surface area contributed by atoms with Gasteiger partial charge in [-0.15, -0.1) is 0 Å². The third-order valence-electron chi connectivity index (χ3n) is 2.66. The van der Waals surface area contributed by atoms with Crippen molar-refractivity contribution in [3.05, 3.63) is 57.8 Å². The normalized spacial score (nSPS) is 10.4. The van der Waals surface area contributed by atoms with Crippen LogP contribution in [0.5, 0.6) is 5.75 Å². The van der Waals surface area contributed by atoms with E-state index >= 15 is 0 Å². The molecule has 0 bridgehead atoms. The summed E-state index contributed by atoms with van der Waals surface area (Å²) in [6, 6.07) is 10.3. The molecule has 0 aliphatic heterocycles. The summed E-state index contributed by atoms with van der Waals surface area (Å²) in [6.45, 7) is 2.06. The van der Waals surface area contributed by atoms with E-state index in [2.05, 4.69) is 15.9 Å². The monoisotopic (exact) mass is 309 g/mol. The first-order valence-electron chi connectivity index (χ1n) is 5.50. The number of rotatable bonds is 3. The van der Waals surface area contributed by atoms with Gasteiger partial charge in [0, 0.05) is 15.7 Å². The SMILES string of the molecule is Cc1cc(Br)ccc1OCc1c(N)cccc1F. The lowest BCUT2D eigenvalue weighted by molar-refractivity contribution is 0.298. The molecule has 4 heteroatoms. The highest BCUT2D eigenvalue weighted by Crippen LogP contribution is 2.24. The summed E-state index contributed by atoms with van der Waals surface area (Å²) in [6.07, 6.45) is 0. The molecule has 0 unspecified atom stereocenters. The third-order valence-corrected chi connectivity index (χ3v) is 3.16. The fraction of sp³-hybridized carbons (Fsp3) is 0.143. The lowest BCUT2D eigenvalue weighted by Crippen LogP contribution is -2.03. The average molecular weight is 310 g/mol. The molecule has 0 saturated carbocycles. The van der Waals surface area contributed by atoms with E-state index in [0.29, 0.717) is 11.3 Å². The fourth-order valence-corrected chi connectivity index (χ4v) is 2.13. The van der Waals surface area contributed by atoms with Crippen LogP contribution in [-0.4, -0.2) is 0 Å². The summed E-state index contributed by atoms with van der Waals surface area (Å²) in [5, 5.41) is 0. The molecule has 0 radical (unpaired) electrons. The number of halogens is 2. The maximum absolute atomic E-state index is 13.6. The summed E-state index contributed by atoms with van der Waals surface area (Å²) < 4.78 is 20.1. The molecule has 0 fully saturated rings. The van der Waals surface area contributed by atoms with Crippen molar-refractivity contribution in [1.29, 1.82) is 0 Å². The number of ether oxygens (including phenoxy) is 1.